The van der Waals surface area contributed by atoms with Crippen LogP contribution in [0.2, 0.25) is 5.02 Å². The highest BCUT2D eigenvalue weighted by atomic mass is 35.5. The Bertz CT molecular complexity index is 693. The molecule has 1 aromatic carbocycles. The lowest BCUT2D eigenvalue weighted by Gasteiger charge is -2.34. The second-order valence-corrected chi connectivity index (χ2v) is 6.79. The number of likely N-dealkylation sites (tertiary alicyclic amines) is 1. The average molecular weight is 365 g/mol. The maximum atomic E-state index is 12.8. The van der Waals surface area contributed by atoms with E-state index in [4.69, 9.17) is 16.3 Å². The highest BCUT2D eigenvalue weighted by molar-refractivity contribution is 6.31. The zero-order valence-electron chi connectivity index (χ0n) is 14.1. The van der Waals surface area contributed by atoms with E-state index in [0.29, 0.717) is 30.4 Å². The van der Waals surface area contributed by atoms with E-state index in [9.17, 15) is 14.4 Å². The molecular formula is C18H21ClN2O4. The second kappa shape index (κ2) is 7.54. The van der Waals surface area contributed by atoms with Crippen LogP contribution in [-0.4, -0.2) is 48.4 Å². The molecule has 1 aromatic rings. The van der Waals surface area contributed by atoms with Crippen LogP contribution in [0.15, 0.2) is 24.3 Å². The SMILES string of the molecule is CCOC(=O)[C@@H]1CCCN([C@H]2CC(=O)N(c3cccc(Cl)c3)C2=O)C1. The third kappa shape index (κ3) is 3.70. The molecule has 0 N–H and O–H groups in total. The molecule has 2 fully saturated rings. The van der Waals surface area contributed by atoms with E-state index < -0.39 is 6.04 Å². The molecule has 7 heteroatoms. The van der Waals surface area contributed by atoms with Crippen molar-refractivity contribution < 1.29 is 19.1 Å². The van der Waals surface area contributed by atoms with E-state index in [0.717, 1.165) is 12.8 Å². The van der Waals surface area contributed by atoms with Crippen LogP contribution in [-0.2, 0) is 19.1 Å². The Hall–Kier alpha value is -1.92. The molecule has 2 atom stereocenters. The number of carbonyl (C=O) groups is 3. The number of halogens is 1. The molecule has 0 bridgehead atoms. The molecular weight excluding hydrogens is 344 g/mol. The smallest absolute Gasteiger partial charge is 0.310 e. The first-order valence-electron chi connectivity index (χ1n) is 8.54. The highest BCUT2D eigenvalue weighted by Crippen LogP contribution is 2.30. The van der Waals surface area contributed by atoms with Gasteiger partial charge in [-0.25, -0.2) is 4.90 Å². The van der Waals surface area contributed by atoms with Crippen molar-refractivity contribution >= 4 is 35.1 Å². The number of anilines is 1. The summed E-state index contributed by atoms with van der Waals surface area (Å²) in [4.78, 5) is 40.4. The third-order valence-corrected chi connectivity index (χ3v) is 4.94. The van der Waals surface area contributed by atoms with Gasteiger partial charge in [0.05, 0.1) is 30.7 Å². The topological polar surface area (TPSA) is 66.9 Å². The van der Waals surface area contributed by atoms with E-state index in [1.165, 1.54) is 4.90 Å². The van der Waals surface area contributed by atoms with Crippen molar-refractivity contribution in [2.45, 2.75) is 32.2 Å². The van der Waals surface area contributed by atoms with Crippen molar-refractivity contribution in [1.29, 1.82) is 0 Å². The number of ether oxygens (including phenoxy) is 1. The molecule has 6 nitrogen and oxygen atoms in total. The van der Waals surface area contributed by atoms with Crippen LogP contribution in [0.25, 0.3) is 0 Å². The van der Waals surface area contributed by atoms with Crippen LogP contribution >= 0.6 is 11.6 Å². The first kappa shape index (κ1) is 17.9. The van der Waals surface area contributed by atoms with Crippen LogP contribution in [0.1, 0.15) is 26.2 Å². The fourth-order valence-corrected chi connectivity index (χ4v) is 3.71. The van der Waals surface area contributed by atoms with Gasteiger partial charge in [0.1, 0.15) is 0 Å². The number of hydrogen-bond donors (Lipinski definition) is 0. The van der Waals surface area contributed by atoms with Gasteiger partial charge in [-0.2, -0.15) is 0 Å². The van der Waals surface area contributed by atoms with Crippen molar-refractivity contribution in [3.63, 3.8) is 0 Å². The van der Waals surface area contributed by atoms with Gasteiger partial charge in [-0.1, -0.05) is 17.7 Å². The van der Waals surface area contributed by atoms with Gasteiger partial charge in [-0.15, -0.1) is 0 Å². The summed E-state index contributed by atoms with van der Waals surface area (Å²) < 4.78 is 5.10. The Balaban J connectivity index is 1.74. The van der Waals surface area contributed by atoms with Crippen LogP contribution in [0.4, 0.5) is 5.69 Å². The fourth-order valence-electron chi connectivity index (χ4n) is 3.53. The molecule has 2 aliphatic heterocycles. The van der Waals surface area contributed by atoms with Crippen molar-refractivity contribution in [2.75, 3.05) is 24.6 Å². The van der Waals surface area contributed by atoms with Gasteiger partial charge in [-0.3, -0.25) is 19.3 Å². The van der Waals surface area contributed by atoms with Crippen molar-refractivity contribution in [2.24, 2.45) is 5.92 Å². The normalized spacial score (nSPS) is 24.6. The van der Waals surface area contributed by atoms with Crippen LogP contribution in [0.3, 0.4) is 0 Å². The van der Waals surface area contributed by atoms with Gasteiger partial charge in [0.2, 0.25) is 5.91 Å². The lowest BCUT2D eigenvalue weighted by molar-refractivity contribution is -0.150. The summed E-state index contributed by atoms with van der Waals surface area (Å²) in [5, 5.41) is 0.474. The number of esters is 1. The maximum Gasteiger partial charge on any atom is 0.310 e. The Kier molecular flexibility index (Phi) is 5.39. The Labute approximate surface area is 151 Å². The van der Waals surface area contributed by atoms with Gasteiger partial charge in [-0.05, 0) is 44.5 Å². The summed E-state index contributed by atoms with van der Waals surface area (Å²) in [5.74, 6) is -0.959. The minimum Gasteiger partial charge on any atom is -0.466 e. The average Bonchev–Trinajstić information content (AvgIpc) is 2.90. The molecule has 0 spiro atoms. The summed E-state index contributed by atoms with van der Waals surface area (Å²) in [7, 11) is 0. The van der Waals surface area contributed by atoms with Gasteiger partial charge in [0.15, 0.2) is 0 Å². The highest BCUT2D eigenvalue weighted by Gasteiger charge is 2.44. The molecule has 0 aliphatic carbocycles. The zero-order chi connectivity index (χ0) is 18.0. The monoisotopic (exact) mass is 364 g/mol. The molecule has 2 saturated heterocycles. The summed E-state index contributed by atoms with van der Waals surface area (Å²) in [6.45, 7) is 3.27. The predicted octanol–water partition coefficient (Wildman–Crippen LogP) is 2.25. The summed E-state index contributed by atoms with van der Waals surface area (Å²) in [5.41, 5.74) is 0.490. The van der Waals surface area contributed by atoms with Crippen LogP contribution in [0.5, 0.6) is 0 Å². The molecule has 2 heterocycles. The summed E-state index contributed by atoms with van der Waals surface area (Å²) >= 11 is 5.98. The first-order chi connectivity index (χ1) is 12.0. The Morgan fingerprint density at radius 1 is 1.36 bits per heavy atom. The number of benzene rings is 1. The molecule has 25 heavy (non-hydrogen) atoms. The van der Waals surface area contributed by atoms with Gasteiger partial charge < -0.3 is 4.74 Å². The largest absolute Gasteiger partial charge is 0.466 e. The lowest BCUT2D eigenvalue weighted by atomic mass is 9.96. The molecule has 0 saturated carbocycles. The van der Waals surface area contributed by atoms with E-state index in [-0.39, 0.29) is 30.1 Å². The first-order valence-corrected chi connectivity index (χ1v) is 8.92. The molecule has 0 aromatic heterocycles. The zero-order valence-corrected chi connectivity index (χ0v) is 14.9. The van der Waals surface area contributed by atoms with E-state index in [2.05, 4.69) is 0 Å². The standard InChI is InChI=1S/C18H21ClN2O4/c1-2-25-18(24)12-5-4-8-20(11-12)15-10-16(22)21(17(15)23)14-7-3-6-13(19)9-14/h3,6-7,9,12,15H,2,4-5,8,10-11H2,1H3/t12-,15+/m1/s1. The van der Waals surface area contributed by atoms with Gasteiger partial charge in [0.25, 0.3) is 5.91 Å². The number of piperidine rings is 1. The fraction of sp³-hybridized carbons (Fsp3) is 0.500. The lowest BCUT2D eigenvalue weighted by Crippen LogP contribution is -2.48. The molecule has 134 valence electrons. The second-order valence-electron chi connectivity index (χ2n) is 6.35. The molecule has 0 radical (unpaired) electrons. The van der Waals surface area contributed by atoms with E-state index >= 15 is 0 Å². The van der Waals surface area contributed by atoms with Crippen LogP contribution in [0, 0.1) is 5.92 Å². The minimum atomic E-state index is -0.524. The van der Waals surface area contributed by atoms with E-state index in [1.54, 1.807) is 31.2 Å². The number of amides is 2. The maximum absolute atomic E-state index is 12.8. The van der Waals surface area contributed by atoms with E-state index in [1.807, 2.05) is 4.90 Å². The van der Waals surface area contributed by atoms with Gasteiger partial charge >= 0.3 is 5.97 Å². The Morgan fingerprint density at radius 3 is 2.88 bits per heavy atom. The van der Waals surface area contributed by atoms with Crippen molar-refractivity contribution in [3.8, 4) is 0 Å². The molecule has 2 aliphatic rings. The van der Waals surface area contributed by atoms with Crippen molar-refractivity contribution in [3.05, 3.63) is 29.3 Å². The number of nitrogens with zero attached hydrogens (tertiary/aromatic N) is 2. The summed E-state index contributed by atoms with van der Waals surface area (Å²) in [6.07, 6.45) is 1.68. The molecule has 0 unspecified atom stereocenters. The number of hydrogen-bond acceptors (Lipinski definition) is 5. The van der Waals surface area contributed by atoms with Crippen LogP contribution < -0.4 is 4.90 Å². The summed E-state index contributed by atoms with van der Waals surface area (Å²) in [6, 6.07) is 6.19. The third-order valence-electron chi connectivity index (χ3n) is 4.70. The Morgan fingerprint density at radius 2 is 2.16 bits per heavy atom. The van der Waals surface area contributed by atoms with Crippen molar-refractivity contribution in [1.82, 2.24) is 4.90 Å². The molecule has 2 amide bonds. The number of imide groups is 1. The quantitative estimate of drug-likeness (QED) is 0.605. The predicted molar refractivity (Wildman–Crippen MR) is 93.3 cm³/mol. The minimum absolute atomic E-state index is 0.126. The number of rotatable bonds is 4. The molecule has 3 rings (SSSR count). The van der Waals surface area contributed by atoms with Gasteiger partial charge in [0, 0.05) is 11.6 Å². The number of carbonyl (C=O) groups excluding carboxylic acids is 3.